The van der Waals surface area contributed by atoms with Crippen LogP contribution in [-0.2, 0) is 0 Å². The summed E-state index contributed by atoms with van der Waals surface area (Å²) in [6.07, 6.45) is 3.34. The number of pyridine rings is 1. The van der Waals surface area contributed by atoms with Crippen LogP contribution >= 0.6 is 27.5 Å². The Labute approximate surface area is 94.3 Å². The van der Waals surface area contributed by atoms with Crippen molar-refractivity contribution in [3.05, 3.63) is 40.2 Å². The normalized spacial score (nSPS) is 10.1. The third-order valence-electron chi connectivity index (χ3n) is 1.66. The van der Waals surface area contributed by atoms with Crippen molar-refractivity contribution in [3.8, 4) is 11.3 Å². The molecule has 0 amide bonds. The largest absolute Gasteiger partial charge is 0.255 e. The van der Waals surface area contributed by atoms with Crippen LogP contribution in [0.5, 0.6) is 0 Å². The standard InChI is InChI=1S/C9H5BrClN3/c10-7-2-1-3-12-9(7)6-4-8(11)14-13-5-6/h1-5H. The first-order valence-corrected chi connectivity index (χ1v) is 5.03. The van der Waals surface area contributed by atoms with Crippen molar-refractivity contribution in [2.75, 3.05) is 0 Å². The van der Waals surface area contributed by atoms with Crippen LogP contribution in [0.25, 0.3) is 11.3 Å². The monoisotopic (exact) mass is 269 g/mol. The van der Waals surface area contributed by atoms with Gasteiger partial charge in [0.1, 0.15) is 0 Å². The third-order valence-corrected chi connectivity index (χ3v) is 2.48. The highest BCUT2D eigenvalue weighted by Crippen LogP contribution is 2.25. The van der Waals surface area contributed by atoms with E-state index in [9.17, 15) is 0 Å². The number of aromatic nitrogens is 3. The van der Waals surface area contributed by atoms with Crippen molar-refractivity contribution in [2.24, 2.45) is 0 Å². The molecule has 0 aliphatic rings. The molecule has 5 heteroatoms. The lowest BCUT2D eigenvalue weighted by molar-refractivity contribution is 1.03. The summed E-state index contributed by atoms with van der Waals surface area (Å²) >= 11 is 9.13. The number of halogens is 2. The molecule has 2 rings (SSSR count). The van der Waals surface area contributed by atoms with Gasteiger partial charge in [0.15, 0.2) is 5.15 Å². The van der Waals surface area contributed by atoms with E-state index in [1.54, 1.807) is 18.5 Å². The quantitative estimate of drug-likeness (QED) is 0.800. The summed E-state index contributed by atoms with van der Waals surface area (Å²) in [5.41, 5.74) is 1.65. The van der Waals surface area contributed by atoms with Crippen LogP contribution in [0.4, 0.5) is 0 Å². The lowest BCUT2D eigenvalue weighted by Crippen LogP contribution is -1.88. The first-order valence-electron chi connectivity index (χ1n) is 3.86. The Morgan fingerprint density at radius 2 is 2.21 bits per heavy atom. The van der Waals surface area contributed by atoms with Crippen LogP contribution < -0.4 is 0 Å². The molecular weight excluding hydrogens is 265 g/mol. The van der Waals surface area contributed by atoms with Crippen LogP contribution in [-0.4, -0.2) is 15.2 Å². The van der Waals surface area contributed by atoms with Crippen molar-refractivity contribution in [1.29, 1.82) is 0 Å². The van der Waals surface area contributed by atoms with Gasteiger partial charge in [-0.15, -0.1) is 5.10 Å². The maximum Gasteiger partial charge on any atom is 0.152 e. The van der Waals surface area contributed by atoms with E-state index >= 15 is 0 Å². The average Bonchev–Trinajstić information content (AvgIpc) is 2.18. The first-order chi connectivity index (χ1) is 6.77. The maximum atomic E-state index is 5.73. The molecule has 2 aromatic rings. The molecular formula is C9H5BrClN3. The van der Waals surface area contributed by atoms with Gasteiger partial charge in [-0.05, 0) is 34.1 Å². The minimum atomic E-state index is 0.361. The van der Waals surface area contributed by atoms with Crippen molar-refractivity contribution in [2.45, 2.75) is 0 Å². The fourth-order valence-electron chi connectivity index (χ4n) is 1.07. The van der Waals surface area contributed by atoms with Gasteiger partial charge >= 0.3 is 0 Å². The molecule has 0 N–H and O–H groups in total. The molecule has 3 nitrogen and oxygen atoms in total. The summed E-state index contributed by atoms with van der Waals surface area (Å²) in [6.45, 7) is 0. The van der Waals surface area contributed by atoms with Gasteiger partial charge in [-0.3, -0.25) is 4.98 Å². The van der Waals surface area contributed by atoms with Crippen LogP contribution in [0.3, 0.4) is 0 Å². The van der Waals surface area contributed by atoms with E-state index in [1.165, 1.54) is 0 Å². The van der Waals surface area contributed by atoms with Crippen molar-refractivity contribution >= 4 is 27.5 Å². The van der Waals surface area contributed by atoms with E-state index in [2.05, 4.69) is 31.1 Å². The van der Waals surface area contributed by atoms with Crippen molar-refractivity contribution in [1.82, 2.24) is 15.2 Å². The van der Waals surface area contributed by atoms with Gasteiger partial charge in [0.25, 0.3) is 0 Å². The Hall–Kier alpha value is -1.00. The van der Waals surface area contributed by atoms with Gasteiger partial charge in [0.05, 0.1) is 11.9 Å². The second-order valence-corrected chi connectivity index (χ2v) is 3.84. The SMILES string of the molecule is Clc1cc(-c2ncccc2Br)cnn1. The van der Waals surface area contributed by atoms with Crippen LogP contribution in [0.2, 0.25) is 5.15 Å². The molecule has 2 heterocycles. The van der Waals surface area contributed by atoms with Gasteiger partial charge in [-0.1, -0.05) is 11.6 Å². The zero-order valence-electron chi connectivity index (χ0n) is 6.98. The lowest BCUT2D eigenvalue weighted by atomic mass is 10.2. The van der Waals surface area contributed by atoms with Crippen LogP contribution in [0.15, 0.2) is 35.1 Å². The molecule has 0 unspecified atom stereocenters. The van der Waals surface area contributed by atoms with E-state index in [1.807, 2.05) is 12.1 Å². The predicted octanol–water partition coefficient (Wildman–Crippen LogP) is 2.95. The zero-order chi connectivity index (χ0) is 9.97. The summed E-state index contributed by atoms with van der Waals surface area (Å²) in [6, 6.07) is 5.49. The van der Waals surface area contributed by atoms with E-state index in [0.29, 0.717) is 5.15 Å². The molecule has 0 saturated carbocycles. The Morgan fingerprint density at radius 3 is 2.93 bits per heavy atom. The minimum Gasteiger partial charge on any atom is -0.255 e. The van der Waals surface area contributed by atoms with E-state index in [4.69, 9.17) is 11.6 Å². The third kappa shape index (κ3) is 1.91. The molecule has 70 valence electrons. The lowest BCUT2D eigenvalue weighted by Gasteiger charge is -2.01. The number of rotatable bonds is 1. The second kappa shape index (κ2) is 4.02. The summed E-state index contributed by atoms with van der Waals surface area (Å²) in [5, 5.41) is 7.79. The Bertz CT molecular complexity index is 461. The van der Waals surface area contributed by atoms with E-state index < -0.39 is 0 Å². The average molecular weight is 271 g/mol. The Morgan fingerprint density at radius 1 is 1.36 bits per heavy atom. The zero-order valence-corrected chi connectivity index (χ0v) is 9.33. The van der Waals surface area contributed by atoms with Crippen molar-refractivity contribution in [3.63, 3.8) is 0 Å². The van der Waals surface area contributed by atoms with E-state index in [-0.39, 0.29) is 0 Å². The Balaban J connectivity index is 2.55. The molecule has 0 saturated heterocycles. The second-order valence-electron chi connectivity index (χ2n) is 2.60. The van der Waals surface area contributed by atoms with Gasteiger partial charge < -0.3 is 0 Å². The molecule has 0 spiro atoms. The smallest absolute Gasteiger partial charge is 0.152 e. The molecule has 0 aromatic carbocycles. The van der Waals surface area contributed by atoms with Crippen LogP contribution in [0.1, 0.15) is 0 Å². The summed E-state index contributed by atoms with van der Waals surface area (Å²) in [4.78, 5) is 4.22. The van der Waals surface area contributed by atoms with Gasteiger partial charge in [-0.25, -0.2) is 0 Å². The predicted molar refractivity (Wildman–Crippen MR) is 58.0 cm³/mol. The maximum absolute atomic E-state index is 5.73. The molecule has 14 heavy (non-hydrogen) atoms. The highest BCUT2D eigenvalue weighted by atomic mass is 79.9. The molecule has 0 aliphatic carbocycles. The summed E-state index contributed by atoms with van der Waals surface area (Å²) in [7, 11) is 0. The number of nitrogens with zero attached hydrogens (tertiary/aromatic N) is 3. The van der Waals surface area contributed by atoms with Crippen LogP contribution in [0, 0.1) is 0 Å². The molecule has 0 bridgehead atoms. The molecule has 0 fully saturated rings. The summed E-state index contributed by atoms with van der Waals surface area (Å²) in [5.74, 6) is 0. The molecule has 2 aromatic heterocycles. The highest BCUT2D eigenvalue weighted by Gasteiger charge is 2.04. The number of hydrogen-bond donors (Lipinski definition) is 0. The van der Waals surface area contributed by atoms with Gasteiger partial charge in [-0.2, -0.15) is 5.10 Å². The topological polar surface area (TPSA) is 38.7 Å². The highest BCUT2D eigenvalue weighted by molar-refractivity contribution is 9.10. The first kappa shape index (κ1) is 9.55. The summed E-state index contributed by atoms with van der Waals surface area (Å²) < 4.78 is 0.907. The van der Waals surface area contributed by atoms with Gasteiger partial charge in [0, 0.05) is 16.2 Å². The molecule has 0 aliphatic heterocycles. The number of hydrogen-bond acceptors (Lipinski definition) is 3. The Kier molecular flexibility index (Phi) is 2.74. The van der Waals surface area contributed by atoms with Crippen molar-refractivity contribution < 1.29 is 0 Å². The van der Waals surface area contributed by atoms with E-state index in [0.717, 1.165) is 15.7 Å². The van der Waals surface area contributed by atoms with Gasteiger partial charge in [0.2, 0.25) is 0 Å². The fourth-order valence-corrected chi connectivity index (χ4v) is 1.71. The molecule has 0 radical (unpaired) electrons. The molecule has 0 atom stereocenters. The minimum absolute atomic E-state index is 0.361. The fraction of sp³-hybridized carbons (Fsp3) is 0.